The standard InChI is InChI=1S/C16H14N2O.C10H24N2/c1-2-18-13(11-19)10-17-16(18)15-9-5-7-12-6-3-4-8-14(12)15;1-6-12(9-10(2)3)8-7-11(4)5/h3-11H,2H2,1H3;10H,6-9H2,1-5H3. The van der Waals surface area contributed by atoms with Crippen LogP contribution in [-0.4, -0.2) is 65.9 Å². The molecule has 1 aromatic heterocycles. The second-order valence-corrected chi connectivity index (χ2v) is 8.49. The monoisotopic (exact) mass is 422 g/mol. The molecule has 0 saturated carbocycles. The van der Waals surface area contributed by atoms with Gasteiger partial charge in [0.15, 0.2) is 6.29 Å². The van der Waals surface area contributed by atoms with Crippen LogP contribution < -0.4 is 0 Å². The number of imidazole rings is 1. The van der Waals surface area contributed by atoms with E-state index in [9.17, 15) is 4.79 Å². The van der Waals surface area contributed by atoms with Crippen LogP contribution in [0.25, 0.3) is 22.2 Å². The third-order valence-electron chi connectivity index (χ3n) is 5.29. The Hall–Kier alpha value is -2.50. The number of carbonyl (C=O) groups is 1. The normalized spacial score (nSPS) is 11.3. The lowest BCUT2D eigenvalue weighted by Crippen LogP contribution is -2.34. The van der Waals surface area contributed by atoms with Crippen LogP contribution in [0.4, 0.5) is 0 Å². The number of benzene rings is 2. The Bertz CT molecular complexity index is 940. The Balaban J connectivity index is 0.000000248. The van der Waals surface area contributed by atoms with Crippen molar-refractivity contribution in [1.82, 2.24) is 19.4 Å². The Morgan fingerprint density at radius 1 is 1.03 bits per heavy atom. The largest absolute Gasteiger partial charge is 0.322 e. The zero-order valence-electron chi connectivity index (χ0n) is 20.0. The highest BCUT2D eigenvalue weighted by atomic mass is 16.1. The minimum atomic E-state index is 0.616. The van der Waals surface area contributed by atoms with Crippen molar-refractivity contribution < 1.29 is 4.79 Å². The summed E-state index contributed by atoms with van der Waals surface area (Å²) < 4.78 is 1.94. The molecule has 0 atom stereocenters. The molecule has 0 unspecified atom stereocenters. The van der Waals surface area contributed by atoms with E-state index in [4.69, 9.17) is 0 Å². The van der Waals surface area contributed by atoms with Crippen molar-refractivity contribution in [3.05, 3.63) is 54.4 Å². The first-order valence-electron chi connectivity index (χ1n) is 11.3. The highest BCUT2D eigenvalue weighted by Gasteiger charge is 2.12. The highest BCUT2D eigenvalue weighted by Crippen LogP contribution is 2.28. The predicted molar refractivity (Wildman–Crippen MR) is 132 cm³/mol. The Morgan fingerprint density at radius 2 is 1.74 bits per heavy atom. The molecule has 0 fully saturated rings. The van der Waals surface area contributed by atoms with E-state index in [2.05, 4.69) is 67.8 Å². The highest BCUT2D eigenvalue weighted by molar-refractivity contribution is 5.95. The summed E-state index contributed by atoms with van der Waals surface area (Å²) in [4.78, 5) is 20.2. The van der Waals surface area contributed by atoms with Gasteiger partial charge in [0.1, 0.15) is 11.5 Å². The molecule has 0 aliphatic carbocycles. The Kier molecular flexibility index (Phi) is 9.89. The van der Waals surface area contributed by atoms with Crippen LogP contribution in [0.3, 0.4) is 0 Å². The van der Waals surface area contributed by atoms with E-state index in [1.165, 1.54) is 31.6 Å². The molecule has 0 amide bonds. The summed E-state index contributed by atoms with van der Waals surface area (Å²) in [5, 5.41) is 2.33. The van der Waals surface area contributed by atoms with E-state index in [1.54, 1.807) is 6.20 Å². The molecule has 3 rings (SSSR count). The number of aromatic nitrogens is 2. The van der Waals surface area contributed by atoms with Crippen molar-refractivity contribution >= 4 is 17.1 Å². The molecule has 0 aliphatic heterocycles. The van der Waals surface area contributed by atoms with Gasteiger partial charge in [0, 0.05) is 31.7 Å². The second kappa shape index (κ2) is 12.4. The zero-order chi connectivity index (χ0) is 22.8. The zero-order valence-corrected chi connectivity index (χ0v) is 20.0. The number of hydrogen-bond donors (Lipinski definition) is 0. The number of hydrogen-bond acceptors (Lipinski definition) is 4. The lowest BCUT2D eigenvalue weighted by molar-refractivity contribution is 0.111. The Labute approximate surface area is 187 Å². The molecule has 1 heterocycles. The maximum Gasteiger partial charge on any atom is 0.168 e. The SMILES string of the molecule is CCN(CCN(C)C)CC(C)C.CCn1c(C=O)cnc1-c1cccc2ccccc12. The maximum atomic E-state index is 11.0. The summed E-state index contributed by atoms with van der Waals surface area (Å²) in [5.74, 6) is 1.63. The van der Waals surface area contributed by atoms with Gasteiger partial charge in [0.2, 0.25) is 0 Å². The van der Waals surface area contributed by atoms with Crippen LogP contribution in [0.5, 0.6) is 0 Å². The number of likely N-dealkylation sites (N-methyl/N-ethyl adjacent to an activating group) is 2. The van der Waals surface area contributed by atoms with Crippen LogP contribution in [0.1, 0.15) is 38.2 Å². The van der Waals surface area contributed by atoms with E-state index < -0.39 is 0 Å². The molecule has 0 saturated heterocycles. The van der Waals surface area contributed by atoms with Crippen LogP contribution in [-0.2, 0) is 6.54 Å². The van der Waals surface area contributed by atoms with E-state index in [0.717, 1.165) is 35.5 Å². The third kappa shape index (κ3) is 7.01. The Morgan fingerprint density at radius 3 is 2.35 bits per heavy atom. The van der Waals surface area contributed by atoms with Gasteiger partial charge in [0.25, 0.3) is 0 Å². The summed E-state index contributed by atoms with van der Waals surface area (Å²) in [6.45, 7) is 14.3. The molecule has 5 heteroatoms. The molecular weight excluding hydrogens is 384 g/mol. The van der Waals surface area contributed by atoms with Gasteiger partial charge in [0.05, 0.1) is 6.20 Å². The lowest BCUT2D eigenvalue weighted by Gasteiger charge is -2.24. The molecule has 0 N–H and O–H groups in total. The predicted octanol–water partition coefficient (Wildman–Crippen LogP) is 5.06. The molecule has 31 heavy (non-hydrogen) atoms. The molecule has 0 radical (unpaired) electrons. The smallest absolute Gasteiger partial charge is 0.168 e. The number of rotatable bonds is 9. The second-order valence-electron chi connectivity index (χ2n) is 8.49. The number of carbonyl (C=O) groups excluding carboxylic acids is 1. The van der Waals surface area contributed by atoms with Crippen LogP contribution >= 0.6 is 0 Å². The fraction of sp³-hybridized carbons (Fsp3) is 0.462. The van der Waals surface area contributed by atoms with Crippen molar-refractivity contribution in [2.75, 3.05) is 40.3 Å². The summed E-state index contributed by atoms with van der Waals surface area (Å²) in [5.41, 5.74) is 1.68. The summed E-state index contributed by atoms with van der Waals surface area (Å²) in [6.07, 6.45) is 2.48. The van der Waals surface area contributed by atoms with Crippen LogP contribution in [0, 0.1) is 5.92 Å². The minimum absolute atomic E-state index is 0.616. The van der Waals surface area contributed by atoms with Crippen molar-refractivity contribution in [1.29, 1.82) is 0 Å². The van der Waals surface area contributed by atoms with Crippen molar-refractivity contribution in [2.24, 2.45) is 5.92 Å². The van der Waals surface area contributed by atoms with Gasteiger partial charge in [-0.25, -0.2) is 4.98 Å². The van der Waals surface area contributed by atoms with Gasteiger partial charge < -0.3 is 14.4 Å². The summed E-state index contributed by atoms with van der Waals surface area (Å²) in [7, 11) is 4.26. The van der Waals surface area contributed by atoms with E-state index >= 15 is 0 Å². The van der Waals surface area contributed by atoms with E-state index in [-0.39, 0.29) is 0 Å². The number of nitrogens with zero attached hydrogens (tertiary/aromatic N) is 4. The first-order valence-corrected chi connectivity index (χ1v) is 11.3. The van der Waals surface area contributed by atoms with Crippen LogP contribution in [0.2, 0.25) is 0 Å². The van der Waals surface area contributed by atoms with Gasteiger partial charge in [-0.2, -0.15) is 0 Å². The molecular formula is C26H38N4O. The molecule has 168 valence electrons. The van der Waals surface area contributed by atoms with Crippen molar-refractivity contribution in [3.63, 3.8) is 0 Å². The summed E-state index contributed by atoms with van der Waals surface area (Å²) in [6, 6.07) is 14.4. The molecule has 0 aliphatic rings. The van der Waals surface area contributed by atoms with Crippen molar-refractivity contribution in [2.45, 2.75) is 34.2 Å². The third-order valence-corrected chi connectivity index (χ3v) is 5.29. The molecule has 5 nitrogen and oxygen atoms in total. The minimum Gasteiger partial charge on any atom is -0.322 e. The molecule has 0 bridgehead atoms. The lowest BCUT2D eigenvalue weighted by atomic mass is 10.0. The van der Waals surface area contributed by atoms with Gasteiger partial charge in [-0.1, -0.05) is 63.2 Å². The van der Waals surface area contributed by atoms with Gasteiger partial charge in [-0.05, 0) is 44.3 Å². The van der Waals surface area contributed by atoms with Crippen molar-refractivity contribution in [3.8, 4) is 11.4 Å². The van der Waals surface area contributed by atoms with E-state index in [1.807, 2.05) is 35.8 Å². The first-order chi connectivity index (χ1) is 14.9. The summed E-state index contributed by atoms with van der Waals surface area (Å²) >= 11 is 0. The fourth-order valence-corrected chi connectivity index (χ4v) is 3.69. The molecule has 2 aromatic carbocycles. The number of fused-ring (bicyclic) bond motifs is 1. The van der Waals surface area contributed by atoms with Gasteiger partial charge in [-0.3, -0.25) is 4.79 Å². The quantitative estimate of drug-likeness (QED) is 0.452. The van der Waals surface area contributed by atoms with Crippen LogP contribution in [0.15, 0.2) is 48.7 Å². The molecule has 0 spiro atoms. The molecule has 3 aromatic rings. The number of aldehydes is 1. The average molecular weight is 423 g/mol. The van der Waals surface area contributed by atoms with E-state index in [0.29, 0.717) is 5.69 Å². The average Bonchev–Trinajstić information content (AvgIpc) is 3.19. The van der Waals surface area contributed by atoms with Gasteiger partial charge >= 0.3 is 0 Å². The maximum absolute atomic E-state index is 11.0. The topological polar surface area (TPSA) is 41.4 Å². The van der Waals surface area contributed by atoms with Gasteiger partial charge in [-0.15, -0.1) is 0 Å². The first kappa shape index (κ1) is 24.8. The fourth-order valence-electron chi connectivity index (χ4n) is 3.69.